The molecule has 2 unspecified atom stereocenters. The number of aliphatic hydroxyl groups excluding tert-OH is 1. The lowest BCUT2D eigenvalue weighted by Gasteiger charge is -2.20. The molecule has 0 radical (unpaired) electrons. The number of aromatic hydroxyl groups is 1. The largest absolute Gasteiger partial charge is 0.506 e. The van der Waals surface area contributed by atoms with Crippen molar-refractivity contribution in [3.8, 4) is 28.7 Å². The van der Waals surface area contributed by atoms with Crippen LogP contribution in [0.4, 0.5) is 0 Å². The quantitative estimate of drug-likeness (QED) is 0.360. The average molecular weight is 430 g/mol. The first-order valence-corrected chi connectivity index (χ1v) is 9.69. The Bertz CT molecular complexity index is 1080. The average Bonchev–Trinajstić information content (AvgIpc) is 2.77. The maximum atomic E-state index is 11.5. The van der Waals surface area contributed by atoms with Gasteiger partial charge in [-0.05, 0) is 37.3 Å². The lowest BCUT2D eigenvalue weighted by molar-refractivity contribution is 0.0872. The molecule has 0 saturated carbocycles. The number of rotatable bonds is 10. The smallest absolute Gasteiger partial charge is 0.248 e. The predicted octanol–water partition coefficient (Wildman–Crippen LogP) is 2.01. The van der Waals surface area contributed by atoms with E-state index in [1.165, 1.54) is 12.1 Å². The minimum Gasteiger partial charge on any atom is -0.506 e. The number of hydrogen-bond acceptors (Lipinski definition) is 8. The Hall–Kier alpha value is -3.43. The van der Waals surface area contributed by atoms with Crippen molar-refractivity contribution in [2.45, 2.75) is 19.3 Å². The lowest BCUT2D eigenvalue weighted by Crippen LogP contribution is -2.39. The van der Waals surface area contributed by atoms with Crippen LogP contribution in [0.3, 0.4) is 0 Å². The highest BCUT2D eigenvalue weighted by molar-refractivity contribution is 5.89. The third kappa shape index (κ3) is 5.59. The second kappa shape index (κ2) is 10.1. The lowest BCUT2D eigenvalue weighted by atomic mass is 10.2. The Morgan fingerprint density at radius 1 is 1.03 bits per heavy atom. The van der Waals surface area contributed by atoms with Gasteiger partial charge in [-0.1, -0.05) is 0 Å². The van der Waals surface area contributed by atoms with Crippen molar-refractivity contribution in [2.75, 3.05) is 27.4 Å². The molecule has 3 rings (SSSR count). The number of aliphatic hydroxyl groups is 1. The molecule has 0 bridgehead atoms. The fraction of sp³-hybridized carbons (Fsp3) is 0.318. The first kappa shape index (κ1) is 22.3. The van der Waals surface area contributed by atoms with Crippen molar-refractivity contribution in [1.29, 1.82) is 0 Å². The number of hydrogen-bond donors (Lipinski definition) is 4. The van der Waals surface area contributed by atoms with Crippen molar-refractivity contribution >= 4 is 10.9 Å². The van der Waals surface area contributed by atoms with Crippen molar-refractivity contribution in [3.05, 3.63) is 52.8 Å². The molecule has 1 aromatic heterocycles. The summed E-state index contributed by atoms with van der Waals surface area (Å²) in [6.45, 7) is 2.05. The van der Waals surface area contributed by atoms with Crippen LogP contribution in [-0.4, -0.2) is 54.9 Å². The third-order valence-corrected chi connectivity index (χ3v) is 4.57. The zero-order chi connectivity index (χ0) is 22.4. The number of nitrogens with one attached hydrogen (secondary N) is 2. The molecule has 0 aliphatic rings. The SMILES string of the molecule is COc1ccc(OC(C)NCC(O)COc2ccc(O)c3[nH]c(=O)ccc23)cc1OC. The van der Waals surface area contributed by atoms with Gasteiger partial charge in [-0.2, -0.15) is 0 Å². The minimum absolute atomic E-state index is 0.00901. The number of methoxy groups -OCH3 is 2. The van der Waals surface area contributed by atoms with Crippen LogP contribution in [0.25, 0.3) is 10.9 Å². The van der Waals surface area contributed by atoms with E-state index in [9.17, 15) is 15.0 Å². The fourth-order valence-electron chi connectivity index (χ4n) is 3.02. The molecule has 4 N–H and O–H groups in total. The molecule has 0 spiro atoms. The molecule has 166 valence electrons. The normalized spacial score (nSPS) is 12.9. The number of fused-ring (bicyclic) bond motifs is 1. The summed E-state index contributed by atoms with van der Waals surface area (Å²) < 4.78 is 21.9. The zero-order valence-corrected chi connectivity index (χ0v) is 17.5. The molecule has 2 aromatic carbocycles. The summed E-state index contributed by atoms with van der Waals surface area (Å²) in [6, 6.07) is 11.2. The zero-order valence-electron chi connectivity index (χ0n) is 17.5. The van der Waals surface area contributed by atoms with Crippen LogP contribution in [0.2, 0.25) is 0 Å². The van der Waals surface area contributed by atoms with Gasteiger partial charge in [0.25, 0.3) is 0 Å². The molecule has 0 amide bonds. The maximum absolute atomic E-state index is 11.5. The molecule has 3 aromatic rings. The number of H-pyrrole nitrogens is 1. The van der Waals surface area contributed by atoms with Crippen LogP contribution in [-0.2, 0) is 0 Å². The molecular weight excluding hydrogens is 404 g/mol. The Labute approximate surface area is 179 Å². The summed E-state index contributed by atoms with van der Waals surface area (Å²) in [6.07, 6.45) is -1.20. The van der Waals surface area contributed by atoms with Crippen LogP contribution in [0.15, 0.2) is 47.3 Å². The van der Waals surface area contributed by atoms with Gasteiger partial charge in [-0.3, -0.25) is 10.1 Å². The van der Waals surface area contributed by atoms with Crippen molar-refractivity contribution < 1.29 is 29.2 Å². The molecule has 9 heteroatoms. The highest BCUT2D eigenvalue weighted by Crippen LogP contribution is 2.31. The van der Waals surface area contributed by atoms with Crippen LogP contribution in [0.1, 0.15) is 6.92 Å². The molecule has 0 aliphatic carbocycles. The Morgan fingerprint density at radius 2 is 1.77 bits per heavy atom. The Kier molecular flexibility index (Phi) is 7.22. The van der Waals surface area contributed by atoms with E-state index in [0.717, 1.165) is 0 Å². The third-order valence-electron chi connectivity index (χ3n) is 4.57. The number of phenolic OH excluding ortho intramolecular Hbond substituents is 1. The van der Waals surface area contributed by atoms with Gasteiger partial charge in [-0.15, -0.1) is 0 Å². The number of benzene rings is 2. The molecule has 1 heterocycles. The molecule has 0 fully saturated rings. The van der Waals surface area contributed by atoms with Gasteiger partial charge in [0.15, 0.2) is 11.5 Å². The first-order chi connectivity index (χ1) is 14.9. The highest BCUT2D eigenvalue weighted by atomic mass is 16.5. The van der Waals surface area contributed by atoms with E-state index in [0.29, 0.717) is 28.4 Å². The summed E-state index contributed by atoms with van der Waals surface area (Å²) in [5, 5.41) is 23.8. The van der Waals surface area contributed by atoms with E-state index in [4.69, 9.17) is 18.9 Å². The summed E-state index contributed by atoms with van der Waals surface area (Å²) in [7, 11) is 3.11. The fourth-order valence-corrected chi connectivity index (χ4v) is 3.02. The Balaban J connectivity index is 1.53. The van der Waals surface area contributed by atoms with Crippen molar-refractivity contribution in [3.63, 3.8) is 0 Å². The maximum Gasteiger partial charge on any atom is 0.248 e. The monoisotopic (exact) mass is 430 g/mol. The standard InChI is InChI=1S/C22H26N2O7/c1-13(31-15-4-7-19(28-2)20(10-15)29-3)23-11-14(25)12-30-18-8-6-17(26)22-16(18)5-9-21(27)24-22/h4-10,13-14,23,25-26H,11-12H2,1-3H3,(H,24,27). The Morgan fingerprint density at radius 3 is 2.52 bits per heavy atom. The summed E-state index contributed by atoms with van der Waals surface area (Å²) in [5.41, 5.74) is -0.0396. The second-order valence-electron chi connectivity index (χ2n) is 6.84. The predicted molar refractivity (Wildman–Crippen MR) is 115 cm³/mol. The number of pyridine rings is 1. The topological polar surface area (TPSA) is 122 Å². The molecule has 2 atom stereocenters. The summed E-state index contributed by atoms with van der Waals surface area (Å²) in [5.74, 6) is 2.14. The molecular formula is C22H26N2O7. The van der Waals surface area contributed by atoms with Crippen LogP contribution >= 0.6 is 0 Å². The van der Waals surface area contributed by atoms with Crippen LogP contribution < -0.4 is 29.8 Å². The van der Waals surface area contributed by atoms with Gasteiger partial charge >= 0.3 is 0 Å². The minimum atomic E-state index is -0.817. The first-order valence-electron chi connectivity index (χ1n) is 9.69. The van der Waals surface area contributed by atoms with Gasteiger partial charge in [0.2, 0.25) is 5.56 Å². The van der Waals surface area contributed by atoms with Crippen molar-refractivity contribution in [2.24, 2.45) is 0 Å². The van der Waals surface area contributed by atoms with Gasteiger partial charge in [0, 0.05) is 24.1 Å². The van der Waals surface area contributed by atoms with E-state index >= 15 is 0 Å². The molecule has 0 saturated heterocycles. The number of phenols is 1. The van der Waals surface area contributed by atoms with Crippen LogP contribution in [0.5, 0.6) is 28.7 Å². The van der Waals surface area contributed by atoms with Gasteiger partial charge < -0.3 is 34.1 Å². The summed E-state index contributed by atoms with van der Waals surface area (Å²) in [4.78, 5) is 14.1. The van der Waals surface area contributed by atoms with E-state index < -0.39 is 6.10 Å². The van der Waals surface area contributed by atoms with Gasteiger partial charge in [0.1, 0.15) is 36.2 Å². The van der Waals surface area contributed by atoms with Crippen molar-refractivity contribution in [1.82, 2.24) is 10.3 Å². The number of aromatic amines is 1. The van der Waals surface area contributed by atoms with E-state index in [-0.39, 0.29) is 36.2 Å². The number of aromatic nitrogens is 1. The highest BCUT2D eigenvalue weighted by Gasteiger charge is 2.13. The molecule has 31 heavy (non-hydrogen) atoms. The molecule has 0 aliphatic heterocycles. The van der Waals surface area contributed by atoms with Gasteiger partial charge in [0.05, 0.1) is 19.7 Å². The number of ether oxygens (including phenoxy) is 4. The van der Waals surface area contributed by atoms with E-state index in [1.54, 1.807) is 44.6 Å². The van der Waals surface area contributed by atoms with E-state index in [2.05, 4.69) is 10.3 Å². The van der Waals surface area contributed by atoms with Crippen LogP contribution in [0, 0.1) is 0 Å². The molecule has 9 nitrogen and oxygen atoms in total. The second-order valence-corrected chi connectivity index (χ2v) is 6.84. The van der Waals surface area contributed by atoms with E-state index in [1.807, 2.05) is 6.92 Å². The van der Waals surface area contributed by atoms with Gasteiger partial charge in [-0.25, -0.2) is 0 Å². The summed E-state index contributed by atoms with van der Waals surface area (Å²) >= 11 is 0.